The molecule has 4 heterocycles. The third-order valence-corrected chi connectivity index (χ3v) is 16.1. The summed E-state index contributed by atoms with van der Waals surface area (Å²) < 4.78 is 30.2. The van der Waals surface area contributed by atoms with E-state index in [4.69, 9.17) is 23.7 Å². The predicted molar refractivity (Wildman–Crippen MR) is 270 cm³/mol. The van der Waals surface area contributed by atoms with Gasteiger partial charge < -0.3 is 49.2 Å². The summed E-state index contributed by atoms with van der Waals surface area (Å²) >= 11 is 0. The van der Waals surface area contributed by atoms with Crippen LogP contribution in [0.25, 0.3) is 0 Å². The van der Waals surface area contributed by atoms with E-state index in [1.165, 1.54) is 12.0 Å². The van der Waals surface area contributed by atoms with Gasteiger partial charge in [0.05, 0.1) is 24.4 Å². The number of ketones is 3. The molecule has 16 atom stereocenters. The van der Waals surface area contributed by atoms with Gasteiger partial charge in [0.2, 0.25) is 11.7 Å². The van der Waals surface area contributed by atoms with Gasteiger partial charge in [-0.05, 0) is 120 Å². The van der Waals surface area contributed by atoms with Crippen LogP contribution in [-0.4, -0.2) is 144 Å². The van der Waals surface area contributed by atoms with Crippen molar-refractivity contribution in [2.45, 2.75) is 193 Å². The maximum absolute atomic E-state index is 14.5. The molecule has 0 aromatic rings. The van der Waals surface area contributed by atoms with Crippen LogP contribution in [0, 0.1) is 41.4 Å². The molecule has 0 radical (unpaired) electrons. The van der Waals surface area contributed by atoms with E-state index in [2.05, 4.69) is 5.32 Å². The largest absolute Gasteiger partial charge is 0.460 e. The number of hydrogen-bond acceptors (Lipinski definition) is 14. The number of amides is 2. The molecule has 0 aromatic heterocycles. The number of hydrogen-bond donors (Lipinski definition) is 4. The first-order valence-electron chi connectivity index (χ1n) is 26.7. The molecular formula is C56H86N2O14. The smallest absolute Gasteiger partial charge is 0.329 e. The molecule has 404 valence electrons. The Morgan fingerprint density at radius 1 is 0.875 bits per heavy atom. The van der Waals surface area contributed by atoms with Gasteiger partial charge in [0.15, 0.2) is 5.78 Å². The van der Waals surface area contributed by atoms with Gasteiger partial charge in [0.1, 0.15) is 30.1 Å². The van der Waals surface area contributed by atoms with Gasteiger partial charge in [-0.15, -0.1) is 0 Å². The summed E-state index contributed by atoms with van der Waals surface area (Å²) in [6.07, 6.45) is 11.8. The lowest BCUT2D eigenvalue weighted by atomic mass is 9.78. The number of rotatable bonds is 9. The molecule has 5 aliphatic rings. The van der Waals surface area contributed by atoms with Crippen LogP contribution in [0.2, 0.25) is 0 Å². The van der Waals surface area contributed by atoms with E-state index in [-0.39, 0.29) is 79.7 Å². The van der Waals surface area contributed by atoms with E-state index in [0.717, 1.165) is 12.0 Å². The first-order chi connectivity index (χ1) is 34.2. The topological polar surface area (TPSA) is 225 Å². The number of Topliss-reactive ketones (excluding diaryl/α,β-unsaturated/α-hetero) is 3. The number of aliphatic hydroxyl groups is 3. The van der Waals surface area contributed by atoms with Crippen molar-refractivity contribution >= 4 is 35.1 Å². The van der Waals surface area contributed by atoms with Crippen molar-refractivity contribution in [2.75, 3.05) is 33.9 Å². The Balaban J connectivity index is 1.47. The molecule has 16 heteroatoms. The lowest BCUT2D eigenvalue weighted by molar-refractivity contribution is -0.266. The summed E-state index contributed by atoms with van der Waals surface area (Å²) in [4.78, 5) is 84.9. The zero-order valence-electron chi connectivity index (χ0n) is 44.4. The quantitative estimate of drug-likeness (QED) is 0.117. The Labute approximate surface area is 427 Å². The monoisotopic (exact) mass is 1010 g/mol. The number of esters is 1. The molecule has 4 N–H and O–H groups in total. The summed E-state index contributed by atoms with van der Waals surface area (Å²) in [5, 5.41) is 37.1. The molecule has 0 aromatic carbocycles. The minimum atomic E-state index is -2.49. The average molecular weight is 1010 g/mol. The molecule has 2 amide bonds. The van der Waals surface area contributed by atoms with Gasteiger partial charge in [-0.25, -0.2) is 4.79 Å². The van der Waals surface area contributed by atoms with Gasteiger partial charge in [-0.1, -0.05) is 71.1 Å². The minimum Gasteiger partial charge on any atom is -0.460 e. The number of carbonyl (C=O) groups excluding carboxylic acids is 6. The van der Waals surface area contributed by atoms with E-state index in [0.29, 0.717) is 76.3 Å². The molecule has 0 spiro atoms. The number of allylic oxidation sites excluding steroid dienone is 6. The Kier molecular flexibility index (Phi) is 22.6. The first-order valence-corrected chi connectivity index (χ1v) is 26.7. The minimum absolute atomic E-state index is 0.00265. The van der Waals surface area contributed by atoms with Gasteiger partial charge in [-0.3, -0.25) is 24.0 Å². The van der Waals surface area contributed by atoms with Crippen molar-refractivity contribution in [3.8, 4) is 0 Å². The number of carbonyl (C=O) groups is 6. The highest BCUT2D eigenvalue weighted by atomic mass is 16.6. The third kappa shape index (κ3) is 15.6. The average Bonchev–Trinajstić information content (AvgIpc) is 3.77. The molecular weight excluding hydrogens is 925 g/mol. The lowest BCUT2D eigenvalue weighted by Gasteiger charge is -2.43. The SMILES string of the molecule is CO[C@@H]1C[C@H](C[C@@H](C)[C@@H]2CC(=O)[C@H](C)/C=C(\C)[C@@H](O)[C@@H](OC)C(=O)[C@H](C)C[C@H](C)/C=C/C=C/C=C(\C)C(OCCC3CCNC3=O)C[C@@H]3CC[C@@H](C)[C@@](O)(O3)C(=O)C(=O)N3CCCC[C@H]3C(=O)O2)CC[C@H]1O. The normalized spacial score (nSPS) is 39.7. The second-order valence-electron chi connectivity index (χ2n) is 21.8. The van der Waals surface area contributed by atoms with Crippen LogP contribution < -0.4 is 5.32 Å². The second-order valence-corrected chi connectivity index (χ2v) is 21.8. The summed E-state index contributed by atoms with van der Waals surface area (Å²) in [5.41, 5.74) is 1.21. The summed E-state index contributed by atoms with van der Waals surface area (Å²) in [6, 6.07) is -1.17. The Hall–Kier alpha value is -3.90. The van der Waals surface area contributed by atoms with Gasteiger partial charge in [-0.2, -0.15) is 0 Å². The number of methoxy groups -OCH3 is 2. The Bertz CT molecular complexity index is 2000. The van der Waals surface area contributed by atoms with Crippen LogP contribution in [0.4, 0.5) is 0 Å². The number of piperidine rings is 1. The first kappa shape index (κ1) is 59.0. The number of fused-ring (bicyclic) bond motifs is 3. The Morgan fingerprint density at radius 2 is 1.62 bits per heavy atom. The number of nitrogens with one attached hydrogen (secondary N) is 1. The summed E-state index contributed by atoms with van der Waals surface area (Å²) in [6.45, 7) is 13.6. The fourth-order valence-corrected chi connectivity index (χ4v) is 11.3. The number of cyclic esters (lactones) is 1. The molecule has 1 aliphatic carbocycles. The molecule has 4 fully saturated rings. The second kappa shape index (κ2) is 27.6. The standard InChI is InChI=1S/C56H86N2O14/c1-33-15-11-10-12-16-34(2)46(70-26-23-41-22-24-57-53(41)64)31-42-20-18-39(7)56(67,72-42)52(63)54(65)58-25-14-13-17-43(58)55(66)71-47(36(4)29-40-19-21-44(59)48(30-40)68-8)32-45(60)35(3)28-38(6)50(62)51(69-9)49(61)37(5)27-33/h10-12,15-16,28,33,35-37,39-44,46-48,50-51,59,62,67H,13-14,17-27,29-32H2,1-9H3,(H,57,64)/b12-10+,15-11+,34-16+,38-28+/t33-,35-,36-,37-,39-,40+,41?,42+,43+,44-,46?,47+,48-,50-,51+,56-/m1/s1. The maximum atomic E-state index is 14.5. The van der Waals surface area contributed by atoms with Gasteiger partial charge in [0, 0.05) is 70.4 Å². The molecule has 16 nitrogen and oxygen atoms in total. The van der Waals surface area contributed by atoms with Gasteiger partial charge in [0.25, 0.3) is 11.7 Å². The van der Waals surface area contributed by atoms with Crippen molar-refractivity contribution in [1.82, 2.24) is 10.2 Å². The van der Waals surface area contributed by atoms with E-state index in [1.807, 2.05) is 58.1 Å². The summed E-state index contributed by atoms with van der Waals surface area (Å²) in [5.74, 6) is -8.44. The van der Waals surface area contributed by atoms with Crippen LogP contribution in [0.5, 0.6) is 0 Å². The van der Waals surface area contributed by atoms with Crippen LogP contribution >= 0.6 is 0 Å². The van der Waals surface area contributed by atoms with Crippen molar-refractivity contribution in [3.05, 3.63) is 47.6 Å². The zero-order valence-corrected chi connectivity index (χ0v) is 44.4. The highest BCUT2D eigenvalue weighted by molar-refractivity contribution is 6.39. The van der Waals surface area contributed by atoms with E-state index < -0.39 is 83.9 Å². The van der Waals surface area contributed by atoms with E-state index in [9.17, 15) is 44.1 Å². The number of ether oxygens (including phenoxy) is 5. The predicted octanol–water partition coefficient (Wildman–Crippen LogP) is 6.08. The fraction of sp³-hybridized carbons (Fsp3) is 0.750. The van der Waals surface area contributed by atoms with Crippen molar-refractivity contribution < 1.29 is 67.8 Å². The highest BCUT2D eigenvalue weighted by Gasteiger charge is 2.53. The molecule has 72 heavy (non-hydrogen) atoms. The molecule has 4 aliphatic heterocycles. The number of aliphatic hydroxyl groups excluding tert-OH is 2. The van der Waals surface area contributed by atoms with E-state index in [1.54, 1.807) is 34.0 Å². The third-order valence-electron chi connectivity index (χ3n) is 16.1. The van der Waals surface area contributed by atoms with Crippen molar-refractivity contribution in [1.29, 1.82) is 0 Å². The van der Waals surface area contributed by atoms with Crippen LogP contribution in [0.3, 0.4) is 0 Å². The maximum Gasteiger partial charge on any atom is 0.329 e. The van der Waals surface area contributed by atoms with Crippen LogP contribution in [0.1, 0.15) is 138 Å². The Morgan fingerprint density at radius 3 is 2.32 bits per heavy atom. The highest BCUT2D eigenvalue weighted by Crippen LogP contribution is 2.38. The zero-order chi connectivity index (χ0) is 52.9. The molecule has 1 saturated carbocycles. The van der Waals surface area contributed by atoms with Crippen LogP contribution in [-0.2, 0) is 52.5 Å². The molecule has 2 bridgehead atoms. The fourth-order valence-electron chi connectivity index (χ4n) is 11.3. The lowest BCUT2D eigenvalue weighted by Crippen LogP contribution is -2.61. The van der Waals surface area contributed by atoms with Crippen molar-refractivity contribution in [2.24, 2.45) is 41.4 Å². The van der Waals surface area contributed by atoms with E-state index >= 15 is 0 Å². The van der Waals surface area contributed by atoms with Crippen molar-refractivity contribution in [3.63, 3.8) is 0 Å². The number of nitrogens with zero attached hydrogens (tertiary/aromatic N) is 1. The molecule has 3 saturated heterocycles. The summed E-state index contributed by atoms with van der Waals surface area (Å²) in [7, 11) is 2.94. The molecule has 2 unspecified atom stereocenters. The molecule has 5 rings (SSSR count). The van der Waals surface area contributed by atoms with Gasteiger partial charge >= 0.3 is 5.97 Å². The van der Waals surface area contributed by atoms with Crippen LogP contribution in [0.15, 0.2) is 47.6 Å².